The van der Waals surface area contributed by atoms with E-state index in [2.05, 4.69) is 10.5 Å². The Hall–Kier alpha value is -2.47. The molecule has 1 N–H and O–H groups in total. The zero-order valence-electron chi connectivity index (χ0n) is 13.1. The minimum atomic E-state index is -0.594. The third kappa shape index (κ3) is 2.63. The summed E-state index contributed by atoms with van der Waals surface area (Å²) in [5.41, 5.74) is 0.865. The minimum absolute atomic E-state index is 0.0416. The van der Waals surface area contributed by atoms with Crippen molar-refractivity contribution in [2.24, 2.45) is 0 Å². The monoisotopic (exact) mass is 340 g/mol. The maximum absolute atomic E-state index is 12.8. The van der Waals surface area contributed by atoms with Crippen LogP contribution in [0.5, 0.6) is 0 Å². The molecule has 0 atom stereocenters. The molecule has 0 aliphatic heterocycles. The van der Waals surface area contributed by atoms with Crippen LogP contribution in [0.1, 0.15) is 18.5 Å². The summed E-state index contributed by atoms with van der Waals surface area (Å²) in [7, 11) is 0. The first kappa shape index (κ1) is 15.1. The van der Waals surface area contributed by atoms with Crippen LogP contribution in [0.25, 0.3) is 11.5 Å². The fourth-order valence-electron chi connectivity index (χ4n) is 2.71. The van der Waals surface area contributed by atoms with Crippen molar-refractivity contribution in [2.45, 2.75) is 23.2 Å². The number of carbonyl (C=O) groups is 1. The fraction of sp³-hybridized carbons (Fsp3) is 0.222. The average Bonchev–Trinajstić information content (AvgIpc) is 3.02. The standard InChI is InChI=1S/C18H16N2O3S/c1-24-13-5-2-4-12(10-13)19-17(21)18(7-8-18)16-11-15(23-20-16)14-6-3-9-22-14/h2-6,9-11H,7-8H2,1H3,(H,19,21). The molecule has 1 fully saturated rings. The highest BCUT2D eigenvalue weighted by Gasteiger charge is 2.54. The molecule has 1 amide bonds. The van der Waals surface area contributed by atoms with E-state index in [0.717, 1.165) is 23.4 Å². The van der Waals surface area contributed by atoms with Gasteiger partial charge in [-0.25, -0.2) is 0 Å². The van der Waals surface area contributed by atoms with Crippen molar-refractivity contribution in [1.82, 2.24) is 5.16 Å². The van der Waals surface area contributed by atoms with Crippen molar-refractivity contribution in [3.05, 3.63) is 54.4 Å². The van der Waals surface area contributed by atoms with Crippen LogP contribution in [0.2, 0.25) is 0 Å². The first-order valence-corrected chi connectivity index (χ1v) is 8.90. The van der Waals surface area contributed by atoms with Crippen LogP contribution in [0.4, 0.5) is 5.69 Å². The van der Waals surface area contributed by atoms with Gasteiger partial charge in [0, 0.05) is 16.6 Å². The molecule has 0 spiro atoms. The van der Waals surface area contributed by atoms with E-state index in [1.54, 1.807) is 36.2 Å². The number of aromatic nitrogens is 1. The summed E-state index contributed by atoms with van der Waals surface area (Å²) in [6.45, 7) is 0. The Bertz CT molecular complexity index is 866. The summed E-state index contributed by atoms with van der Waals surface area (Å²) in [5.74, 6) is 1.11. The SMILES string of the molecule is CSc1cccc(NC(=O)C2(c3cc(-c4ccco4)on3)CC2)c1. The summed E-state index contributed by atoms with van der Waals surface area (Å²) < 4.78 is 10.7. The van der Waals surface area contributed by atoms with Gasteiger partial charge < -0.3 is 14.3 Å². The van der Waals surface area contributed by atoms with Crippen LogP contribution < -0.4 is 5.32 Å². The van der Waals surface area contributed by atoms with Gasteiger partial charge in [0.05, 0.1) is 17.4 Å². The molecule has 0 bridgehead atoms. The highest BCUT2D eigenvalue weighted by Crippen LogP contribution is 2.49. The molecule has 5 nitrogen and oxygen atoms in total. The third-order valence-corrected chi connectivity index (χ3v) is 5.00. The minimum Gasteiger partial charge on any atom is -0.461 e. The lowest BCUT2D eigenvalue weighted by atomic mass is 10.0. The molecule has 0 unspecified atom stereocenters. The summed E-state index contributed by atoms with van der Waals surface area (Å²) in [6.07, 6.45) is 5.13. The number of thioether (sulfide) groups is 1. The molecule has 0 radical (unpaired) electrons. The van der Waals surface area contributed by atoms with Gasteiger partial charge in [0.25, 0.3) is 0 Å². The Balaban J connectivity index is 1.55. The van der Waals surface area contributed by atoms with Crippen molar-refractivity contribution in [3.8, 4) is 11.5 Å². The van der Waals surface area contributed by atoms with Gasteiger partial charge in [-0.05, 0) is 49.4 Å². The Morgan fingerprint density at radius 1 is 1.21 bits per heavy atom. The number of carbonyl (C=O) groups excluding carboxylic acids is 1. The topological polar surface area (TPSA) is 68.3 Å². The molecule has 1 saturated carbocycles. The van der Waals surface area contributed by atoms with E-state index in [0.29, 0.717) is 17.2 Å². The first-order valence-electron chi connectivity index (χ1n) is 7.68. The number of nitrogens with one attached hydrogen (secondary N) is 1. The van der Waals surface area contributed by atoms with Crippen LogP contribution in [0, 0.1) is 0 Å². The van der Waals surface area contributed by atoms with E-state index in [1.165, 1.54) is 0 Å². The predicted molar refractivity (Wildman–Crippen MR) is 92.0 cm³/mol. The van der Waals surface area contributed by atoms with E-state index in [4.69, 9.17) is 8.94 Å². The predicted octanol–water partition coefficient (Wildman–Crippen LogP) is 4.33. The van der Waals surface area contributed by atoms with Gasteiger partial charge in [-0.3, -0.25) is 4.79 Å². The number of amides is 1. The van der Waals surface area contributed by atoms with E-state index in [-0.39, 0.29) is 5.91 Å². The molecular formula is C18H16N2O3S. The molecule has 4 rings (SSSR count). The fourth-order valence-corrected chi connectivity index (χ4v) is 3.17. The number of hydrogen-bond acceptors (Lipinski definition) is 5. The van der Waals surface area contributed by atoms with Crippen molar-refractivity contribution >= 4 is 23.4 Å². The number of anilines is 1. The normalized spacial score (nSPS) is 15.2. The van der Waals surface area contributed by atoms with E-state index < -0.39 is 5.41 Å². The number of furan rings is 1. The molecule has 3 aromatic rings. The molecule has 1 aliphatic carbocycles. The van der Waals surface area contributed by atoms with Crippen molar-refractivity contribution < 1.29 is 13.7 Å². The van der Waals surface area contributed by atoms with Gasteiger partial charge in [-0.15, -0.1) is 11.8 Å². The molecule has 6 heteroatoms. The molecule has 1 aliphatic rings. The molecule has 1 aromatic carbocycles. The van der Waals surface area contributed by atoms with Crippen molar-refractivity contribution in [2.75, 3.05) is 11.6 Å². The van der Waals surface area contributed by atoms with Crippen LogP contribution >= 0.6 is 11.8 Å². The molecule has 0 saturated heterocycles. The lowest BCUT2D eigenvalue weighted by molar-refractivity contribution is -0.118. The zero-order valence-corrected chi connectivity index (χ0v) is 13.9. The summed E-state index contributed by atoms with van der Waals surface area (Å²) in [6, 6.07) is 13.2. The Morgan fingerprint density at radius 2 is 2.08 bits per heavy atom. The van der Waals surface area contributed by atoms with E-state index >= 15 is 0 Å². The second-order valence-electron chi connectivity index (χ2n) is 5.82. The van der Waals surface area contributed by atoms with Gasteiger partial charge in [-0.1, -0.05) is 11.2 Å². The van der Waals surface area contributed by atoms with Gasteiger partial charge in [-0.2, -0.15) is 0 Å². The second kappa shape index (κ2) is 5.87. The van der Waals surface area contributed by atoms with Gasteiger partial charge >= 0.3 is 0 Å². The summed E-state index contributed by atoms with van der Waals surface area (Å²) >= 11 is 1.64. The lowest BCUT2D eigenvalue weighted by Gasteiger charge is -2.13. The molecule has 122 valence electrons. The zero-order chi connectivity index (χ0) is 16.6. The Kier molecular flexibility index (Phi) is 3.69. The third-order valence-electron chi connectivity index (χ3n) is 4.28. The summed E-state index contributed by atoms with van der Waals surface area (Å²) in [5, 5.41) is 7.11. The van der Waals surface area contributed by atoms with Crippen molar-refractivity contribution in [1.29, 1.82) is 0 Å². The average molecular weight is 340 g/mol. The molecule has 2 aromatic heterocycles. The van der Waals surface area contributed by atoms with Crippen LogP contribution in [-0.2, 0) is 10.2 Å². The molecular weight excluding hydrogens is 324 g/mol. The largest absolute Gasteiger partial charge is 0.461 e. The number of hydrogen-bond donors (Lipinski definition) is 1. The van der Waals surface area contributed by atoms with Gasteiger partial charge in [0.15, 0.2) is 5.76 Å². The van der Waals surface area contributed by atoms with Crippen LogP contribution in [0.3, 0.4) is 0 Å². The smallest absolute Gasteiger partial charge is 0.236 e. The number of benzene rings is 1. The maximum atomic E-state index is 12.8. The quantitative estimate of drug-likeness (QED) is 0.700. The highest BCUT2D eigenvalue weighted by molar-refractivity contribution is 7.98. The Labute approximate surface area is 143 Å². The van der Waals surface area contributed by atoms with E-state index in [9.17, 15) is 4.79 Å². The van der Waals surface area contributed by atoms with Crippen LogP contribution in [-0.4, -0.2) is 17.3 Å². The maximum Gasteiger partial charge on any atom is 0.236 e. The first-order chi connectivity index (χ1) is 11.7. The summed E-state index contributed by atoms with van der Waals surface area (Å²) in [4.78, 5) is 13.9. The number of rotatable bonds is 5. The van der Waals surface area contributed by atoms with E-state index in [1.807, 2.05) is 30.5 Å². The highest BCUT2D eigenvalue weighted by atomic mass is 32.2. The number of nitrogens with zero attached hydrogens (tertiary/aromatic N) is 1. The van der Waals surface area contributed by atoms with Crippen molar-refractivity contribution in [3.63, 3.8) is 0 Å². The van der Waals surface area contributed by atoms with Gasteiger partial charge in [0.2, 0.25) is 11.7 Å². The second-order valence-corrected chi connectivity index (χ2v) is 6.70. The molecule has 2 heterocycles. The molecule has 24 heavy (non-hydrogen) atoms. The van der Waals surface area contributed by atoms with Gasteiger partial charge in [0.1, 0.15) is 0 Å². The van der Waals surface area contributed by atoms with Crippen LogP contribution in [0.15, 0.2) is 62.6 Å². The lowest BCUT2D eigenvalue weighted by Crippen LogP contribution is -2.28. The Morgan fingerprint density at radius 3 is 2.79 bits per heavy atom.